The summed E-state index contributed by atoms with van der Waals surface area (Å²) in [6.45, 7) is 5.58. The molecule has 1 saturated heterocycles. The molecule has 1 atom stereocenters. The largest absolute Gasteiger partial charge is 0.353 e. The predicted molar refractivity (Wildman–Crippen MR) is 59.0 cm³/mol. The van der Waals surface area contributed by atoms with Crippen LogP contribution in [0, 0.1) is 0 Å². The highest BCUT2D eigenvalue weighted by molar-refractivity contribution is 5.82. The fourth-order valence-electron chi connectivity index (χ4n) is 1.67. The van der Waals surface area contributed by atoms with Crippen LogP contribution in [0.25, 0.3) is 0 Å². The van der Waals surface area contributed by atoms with Crippen LogP contribution >= 0.6 is 0 Å². The zero-order chi connectivity index (χ0) is 11.5. The van der Waals surface area contributed by atoms with Crippen molar-refractivity contribution in [2.75, 3.05) is 13.1 Å². The molecule has 2 heterocycles. The summed E-state index contributed by atoms with van der Waals surface area (Å²) in [6, 6.07) is -0.193. The highest BCUT2D eigenvalue weighted by Gasteiger charge is 2.23. The second-order valence-electron chi connectivity index (χ2n) is 4.30. The van der Waals surface area contributed by atoms with Gasteiger partial charge in [0.25, 0.3) is 0 Å². The number of nitrogens with one attached hydrogen (secondary N) is 3. The van der Waals surface area contributed by atoms with E-state index in [1.165, 1.54) is 0 Å². The average Bonchev–Trinajstić information content (AvgIpc) is 2.70. The number of amides is 1. The molecule has 88 valence electrons. The maximum Gasteiger partial charge on any atom is 0.237 e. The third kappa shape index (κ3) is 2.38. The molecule has 1 aliphatic rings. The molecule has 1 fully saturated rings. The van der Waals surface area contributed by atoms with E-state index in [4.69, 9.17) is 0 Å². The highest BCUT2D eigenvalue weighted by atomic mass is 16.2. The van der Waals surface area contributed by atoms with Gasteiger partial charge in [-0.2, -0.15) is 5.10 Å². The van der Waals surface area contributed by atoms with Gasteiger partial charge in [0.05, 0.1) is 6.04 Å². The molecule has 16 heavy (non-hydrogen) atoms. The fourth-order valence-corrected chi connectivity index (χ4v) is 1.67. The molecule has 1 unspecified atom stereocenters. The Bertz CT molecular complexity index is 373. The van der Waals surface area contributed by atoms with Gasteiger partial charge in [0.15, 0.2) is 5.82 Å². The van der Waals surface area contributed by atoms with Crippen molar-refractivity contribution < 1.29 is 4.79 Å². The summed E-state index contributed by atoms with van der Waals surface area (Å²) < 4.78 is 0. The topological polar surface area (TPSA) is 82.7 Å². The third-order valence-corrected chi connectivity index (χ3v) is 2.59. The van der Waals surface area contributed by atoms with Crippen LogP contribution < -0.4 is 10.6 Å². The van der Waals surface area contributed by atoms with E-state index in [9.17, 15) is 4.79 Å². The predicted octanol–water partition coefficient (Wildman–Crippen LogP) is -0.441. The monoisotopic (exact) mass is 223 g/mol. The Morgan fingerprint density at radius 2 is 2.25 bits per heavy atom. The second-order valence-corrected chi connectivity index (χ2v) is 4.30. The van der Waals surface area contributed by atoms with Crippen molar-refractivity contribution in [3.63, 3.8) is 0 Å². The minimum atomic E-state index is -0.193. The molecule has 0 radical (unpaired) electrons. The van der Waals surface area contributed by atoms with Gasteiger partial charge in [-0.3, -0.25) is 9.89 Å². The average molecular weight is 223 g/mol. The summed E-state index contributed by atoms with van der Waals surface area (Å²) in [4.78, 5) is 15.9. The summed E-state index contributed by atoms with van der Waals surface area (Å²) in [5, 5.41) is 13.0. The molecular weight excluding hydrogens is 206 g/mol. The normalized spacial score (nSPS) is 21.2. The Balaban J connectivity index is 1.99. The van der Waals surface area contributed by atoms with Gasteiger partial charge in [0.1, 0.15) is 5.82 Å². The zero-order valence-electron chi connectivity index (χ0n) is 9.58. The second kappa shape index (κ2) is 4.61. The van der Waals surface area contributed by atoms with Crippen molar-refractivity contribution in [3.05, 3.63) is 11.6 Å². The highest BCUT2D eigenvalue weighted by Crippen LogP contribution is 2.08. The number of aromatic amines is 1. The number of rotatable bonds is 3. The minimum Gasteiger partial charge on any atom is -0.353 e. The van der Waals surface area contributed by atoms with Crippen molar-refractivity contribution in [1.82, 2.24) is 25.8 Å². The smallest absolute Gasteiger partial charge is 0.237 e. The summed E-state index contributed by atoms with van der Waals surface area (Å²) >= 11 is 0. The van der Waals surface area contributed by atoms with Crippen molar-refractivity contribution in [2.45, 2.75) is 32.2 Å². The van der Waals surface area contributed by atoms with E-state index >= 15 is 0 Å². The molecule has 1 aliphatic heterocycles. The molecule has 1 amide bonds. The number of nitrogens with zero attached hydrogens (tertiary/aromatic N) is 2. The zero-order valence-corrected chi connectivity index (χ0v) is 9.58. The Morgan fingerprint density at radius 3 is 2.88 bits per heavy atom. The molecule has 3 N–H and O–H groups in total. The fraction of sp³-hybridized carbons (Fsp3) is 0.700. The van der Waals surface area contributed by atoms with Gasteiger partial charge in [-0.15, -0.1) is 0 Å². The molecule has 0 bridgehead atoms. The Morgan fingerprint density at radius 1 is 1.44 bits per heavy atom. The van der Waals surface area contributed by atoms with E-state index < -0.39 is 0 Å². The summed E-state index contributed by atoms with van der Waals surface area (Å²) in [5.41, 5.74) is 0. The van der Waals surface area contributed by atoms with Crippen LogP contribution in [0.3, 0.4) is 0 Å². The third-order valence-electron chi connectivity index (χ3n) is 2.59. The molecular formula is C10H17N5O. The molecule has 0 aromatic carbocycles. The van der Waals surface area contributed by atoms with Crippen molar-refractivity contribution in [1.29, 1.82) is 0 Å². The lowest BCUT2D eigenvalue weighted by Gasteiger charge is -2.22. The maximum atomic E-state index is 11.5. The van der Waals surface area contributed by atoms with Gasteiger partial charge in [-0.05, 0) is 0 Å². The Labute approximate surface area is 94.2 Å². The number of H-pyrrole nitrogens is 1. The first-order valence-corrected chi connectivity index (χ1v) is 5.59. The molecule has 1 aromatic heterocycles. The lowest BCUT2D eigenvalue weighted by Crippen LogP contribution is -2.53. The Hall–Kier alpha value is -1.43. The number of piperazine rings is 1. The molecule has 0 aliphatic carbocycles. The maximum absolute atomic E-state index is 11.5. The van der Waals surface area contributed by atoms with E-state index in [1.807, 2.05) is 13.8 Å². The minimum absolute atomic E-state index is 0.0359. The van der Waals surface area contributed by atoms with E-state index in [0.717, 1.165) is 18.2 Å². The number of hydrogen-bond donors (Lipinski definition) is 3. The van der Waals surface area contributed by atoms with Gasteiger partial charge in [0.2, 0.25) is 5.91 Å². The van der Waals surface area contributed by atoms with Crippen LogP contribution in [0.15, 0.2) is 0 Å². The molecule has 0 spiro atoms. The first kappa shape index (κ1) is 11.1. The SMILES string of the molecule is CC(C)c1n[nH]c(CC2NCCNC2=O)n1. The molecule has 6 heteroatoms. The van der Waals surface area contributed by atoms with E-state index in [1.54, 1.807) is 0 Å². The van der Waals surface area contributed by atoms with E-state index in [0.29, 0.717) is 18.9 Å². The van der Waals surface area contributed by atoms with Crippen LogP contribution in [0.1, 0.15) is 31.4 Å². The molecule has 2 rings (SSSR count). The standard InChI is InChI=1S/C10H17N5O/c1-6(2)9-13-8(14-15-9)5-7-10(16)12-4-3-11-7/h6-7,11H,3-5H2,1-2H3,(H,12,16)(H,13,14,15). The molecule has 6 nitrogen and oxygen atoms in total. The number of aromatic nitrogens is 3. The summed E-state index contributed by atoms with van der Waals surface area (Å²) in [7, 11) is 0. The summed E-state index contributed by atoms with van der Waals surface area (Å²) in [5.74, 6) is 1.90. The Kier molecular flexibility index (Phi) is 3.19. The number of hydrogen-bond acceptors (Lipinski definition) is 4. The first-order chi connectivity index (χ1) is 7.66. The van der Waals surface area contributed by atoms with E-state index in [-0.39, 0.29) is 11.9 Å². The van der Waals surface area contributed by atoms with Crippen LogP contribution in [0.4, 0.5) is 0 Å². The van der Waals surface area contributed by atoms with Crippen molar-refractivity contribution in [3.8, 4) is 0 Å². The van der Waals surface area contributed by atoms with Gasteiger partial charge < -0.3 is 10.6 Å². The van der Waals surface area contributed by atoms with Gasteiger partial charge in [-0.25, -0.2) is 4.98 Å². The summed E-state index contributed by atoms with van der Waals surface area (Å²) in [6.07, 6.45) is 0.561. The van der Waals surface area contributed by atoms with E-state index in [2.05, 4.69) is 25.8 Å². The molecule has 1 aromatic rings. The van der Waals surface area contributed by atoms with Gasteiger partial charge in [-0.1, -0.05) is 13.8 Å². The lowest BCUT2D eigenvalue weighted by atomic mass is 10.1. The van der Waals surface area contributed by atoms with Gasteiger partial charge in [0, 0.05) is 25.4 Å². The first-order valence-electron chi connectivity index (χ1n) is 5.59. The lowest BCUT2D eigenvalue weighted by molar-refractivity contribution is -0.124. The van der Waals surface area contributed by atoms with Crippen molar-refractivity contribution >= 4 is 5.91 Å². The quantitative estimate of drug-likeness (QED) is 0.648. The number of carbonyl (C=O) groups is 1. The number of carbonyl (C=O) groups excluding carboxylic acids is 1. The van der Waals surface area contributed by atoms with Crippen LogP contribution in [0.2, 0.25) is 0 Å². The van der Waals surface area contributed by atoms with Crippen LogP contribution in [-0.2, 0) is 11.2 Å². The van der Waals surface area contributed by atoms with Crippen molar-refractivity contribution in [2.24, 2.45) is 0 Å². The van der Waals surface area contributed by atoms with Crippen LogP contribution in [0.5, 0.6) is 0 Å². The van der Waals surface area contributed by atoms with Crippen LogP contribution in [-0.4, -0.2) is 40.2 Å². The molecule has 0 saturated carbocycles. The van der Waals surface area contributed by atoms with Gasteiger partial charge >= 0.3 is 0 Å².